The molecule has 0 bridgehead atoms. The summed E-state index contributed by atoms with van der Waals surface area (Å²) in [5, 5.41) is 0. The van der Waals surface area contributed by atoms with Crippen LogP contribution in [0.4, 0.5) is 0 Å². The molecule has 0 saturated heterocycles. The van der Waals surface area contributed by atoms with Crippen LogP contribution in [0.1, 0.15) is 189 Å². The van der Waals surface area contributed by atoms with Gasteiger partial charge in [-0.2, -0.15) is 0 Å². The van der Waals surface area contributed by atoms with Crippen LogP contribution >= 0.6 is 6.83 Å². The molecule has 0 unspecified atom stereocenters. The molecule has 0 aliphatic rings. The molecule has 244 valence electrons. The van der Waals surface area contributed by atoms with Crippen LogP contribution in [0.5, 0.6) is 0 Å². The number of rotatable bonds is 32. The third kappa shape index (κ3) is 20.2. The standard InChI is InChI=1S/C34H73O4PS/c1-6-11-15-19-23-27-31-39(38-40(35,36)37-10-5,32-28-24-20-16-12-7-2,33-29-25-21-17-13-8-3)34-30-26-22-18-14-9-4/h6-34H2,1-5H3. The Morgan fingerprint density at radius 2 is 0.650 bits per heavy atom. The topological polar surface area (TPSA) is 52.6 Å². The second kappa shape index (κ2) is 25.8. The molecule has 0 fully saturated rings. The summed E-state index contributed by atoms with van der Waals surface area (Å²) in [5.41, 5.74) is 0. The first-order valence-corrected chi connectivity index (χ1v) is 22.2. The summed E-state index contributed by atoms with van der Waals surface area (Å²) in [6.45, 7) is 7.95. The van der Waals surface area contributed by atoms with Gasteiger partial charge in [0.2, 0.25) is 0 Å². The predicted molar refractivity (Wildman–Crippen MR) is 182 cm³/mol. The van der Waals surface area contributed by atoms with Crippen molar-refractivity contribution in [3.63, 3.8) is 0 Å². The SMILES string of the molecule is CCCCCCCCP(CCCCCCCC)(CCCCCCCC)(CCCCCCCC)OS(=O)(=O)OCC. The molecular weight excluding hydrogens is 535 g/mol. The van der Waals surface area contributed by atoms with Gasteiger partial charge in [-0.3, -0.25) is 0 Å². The van der Waals surface area contributed by atoms with Gasteiger partial charge in [0.15, 0.2) is 0 Å². The summed E-state index contributed by atoms with van der Waals surface area (Å²) in [6.07, 6.45) is 33.5. The van der Waals surface area contributed by atoms with Crippen LogP contribution in [-0.4, -0.2) is 39.7 Å². The first-order chi connectivity index (χ1) is 19.3. The average Bonchev–Trinajstić information content (AvgIpc) is 2.92. The van der Waals surface area contributed by atoms with E-state index in [0.29, 0.717) is 0 Å². The molecule has 0 amide bonds. The molecule has 40 heavy (non-hydrogen) atoms. The molecule has 0 N–H and O–H groups in total. The Morgan fingerprint density at radius 1 is 0.400 bits per heavy atom. The zero-order valence-corrected chi connectivity index (χ0v) is 29.7. The Morgan fingerprint density at radius 3 is 0.900 bits per heavy atom. The molecular formula is C34H73O4PS. The van der Waals surface area contributed by atoms with Crippen LogP contribution in [-0.2, 0) is 18.6 Å². The van der Waals surface area contributed by atoms with Crippen molar-refractivity contribution in [2.24, 2.45) is 0 Å². The zero-order chi connectivity index (χ0) is 29.9. The summed E-state index contributed by atoms with van der Waals surface area (Å²) in [5.74, 6) is 0. The fourth-order valence-electron chi connectivity index (χ4n) is 6.41. The van der Waals surface area contributed by atoms with Gasteiger partial charge in [0.25, 0.3) is 0 Å². The third-order valence-corrected chi connectivity index (χ3v) is 17.6. The van der Waals surface area contributed by atoms with Crippen LogP contribution in [0, 0.1) is 0 Å². The third-order valence-electron chi connectivity index (χ3n) is 8.87. The number of hydrogen-bond acceptors (Lipinski definition) is 4. The van der Waals surface area contributed by atoms with E-state index in [1.54, 1.807) is 6.92 Å². The van der Waals surface area contributed by atoms with Crippen molar-refractivity contribution in [3.8, 4) is 0 Å². The van der Waals surface area contributed by atoms with E-state index in [1.165, 1.54) is 128 Å². The molecule has 0 spiro atoms. The first-order valence-electron chi connectivity index (χ1n) is 17.9. The van der Waals surface area contributed by atoms with Gasteiger partial charge in [-0.15, -0.1) is 0 Å². The van der Waals surface area contributed by atoms with Gasteiger partial charge >= 0.3 is 254 Å². The molecule has 6 heteroatoms. The fraction of sp³-hybridized carbons (Fsp3) is 1.00. The van der Waals surface area contributed by atoms with E-state index in [2.05, 4.69) is 27.7 Å². The minimum absolute atomic E-state index is 0.150. The van der Waals surface area contributed by atoms with E-state index in [-0.39, 0.29) is 6.61 Å². The van der Waals surface area contributed by atoms with Gasteiger partial charge in [-0.1, -0.05) is 0 Å². The molecule has 0 aliphatic carbocycles. The van der Waals surface area contributed by atoms with Crippen molar-refractivity contribution in [1.29, 1.82) is 0 Å². The van der Waals surface area contributed by atoms with Crippen LogP contribution in [0.15, 0.2) is 0 Å². The molecule has 4 nitrogen and oxygen atoms in total. The number of hydrogen-bond donors (Lipinski definition) is 0. The molecule has 0 aromatic rings. The Bertz CT molecular complexity index is 577. The predicted octanol–water partition coefficient (Wildman–Crippen LogP) is 12.2. The molecule has 0 atom stereocenters. The van der Waals surface area contributed by atoms with E-state index >= 15 is 0 Å². The first kappa shape index (κ1) is 40.3. The van der Waals surface area contributed by atoms with Crippen molar-refractivity contribution in [3.05, 3.63) is 0 Å². The van der Waals surface area contributed by atoms with Crippen molar-refractivity contribution in [1.82, 2.24) is 0 Å². The van der Waals surface area contributed by atoms with Gasteiger partial charge < -0.3 is 0 Å². The molecule has 0 saturated carbocycles. The van der Waals surface area contributed by atoms with Crippen LogP contribution in [0.3, 0.4) is 0 Å². The van der Waals surface area contributed by atoms with E-state index in [4.69, 9.17) is 8.15 Å². The van der Waals surface area contributed by atoms with E-state index in [9.17, 15) is 8.42 Å². The molecule has 0 heterocycles. The Labute approximate surface area is 253 Å². The Balaban J connectivity index is 6.02. The maximum absolute atomic E-state index is 13.3. The zero-order valence-electron chi connectivity index (χ0n) is 28.0. The van der Waals surface area contributed by atoms with Gasteiger partial charge in [-0.25, -0.2) is 0 Å². The van der Waals surface area contributed by atoms with Crippen molar-refractivity contribution in [2.75, 3.05) is 31.3 Å². The van der Waals surface area contributed by atoms with Crippen molar-refractivity contribution >= 4 is 17.2 Å². The molecule has 0 rings (SSSR count). The summed E-state index contributed by atoms with van der Waals surface area (Å²) in [6, 6.07) is 0. The van der Waals surface area contributed by atoms with Gasteiger partial charge in [0.1, 0.15) is 0 Å². The summed E-state index contributed by atoms with van der Waals surface area (Å²) in [4.78, 5) is 0. The normalized spacial score (nSPS) is 13.5. The number of unbranched alkanes of at least 4 members (excludes halogenated alkanes) is 20. The van der Waals surface area contributed by atoms with Crippen LogP contribution in [0.25, 0.3) is 0 Å². The van der Waals surface area contributed by atoms with Gasteiger partial charge in [0, 0.05) is 0 Å². The minimum atomic E-state index is -3.99. The molecule has 0 aromatic heterocycles. The van der Waals surface area contributed by atoms with Gasteiger partial charge in [0.05, 0.1) is 0 Å². The summed E-state index contributed by atoms with van der Waals surface area (Å²) < 4.78 is 38.6. The van der Waals surface area contributed by atoms with E-state index in [1.807, 2.05) is 0 Å². The van der Waals surface area contributed by atoms with E-state index in [0.717, 1.165) is 50.3 Å². The summed E-state index contributed by atoms with van der Waals surface area (Å²) in [7, 11) is -3.99. The molecule has 0 radical (unpaired) electrons. The molecule has 0 aliphatic heterocycles. The quantitative estimate of drug-likeness (QED) is 0.0563. The summed E-state index contributed by atoms with van der Waals surface area (Å²) >= 11 is 0. The van der Waals surface area contributed by atoms with E-state index < -0.39 is 17.2 Å². The second-order valence-corrected chi connectivity index (χ2v) is 19.9. The van der Waals surface area contributed by atoms with Crippen LogP contribution < -0.4 is 0 Å². The second-order valence-electron chi connectivity index (χ2n) is 12.7. The van der Waals surface area contributed by atoms with Gasteiger partial charge in [-0.05, 0) is 0 Å². The monoisotopic (exact) mass is 608 g/mol. The molecule has 0 aromatic carbocycles. The Hall–Kier alpha value is 0.300. The van der Waals surface area contributed by atoms with Crippen LogP contribution in [0.2, 0.25) is 0 Å². The van der Waals surface area contributed by atoms with Crippen molar-refractivity contribution in [2.45, 2.75) is 189 Å². The van der Waals surface area contributed by atoms with Crippen molar-refractivity contribution < 1.29 is 16.6 Å². The fourth-order valence-corrected chi connectivity index (χ4v) is 15.6. The average molecular weight is 609 g/mol. The maximum atomic E-state index is 13.3. The Kier molecular flexibility index (Phi) is 26.0.